The van der Waals surface area contributed by atoms with Gasteiger partial charge < -0.3 is 4.74 Å². The summed E-state index contributed by atoms with van der Waals surface area (Å²) in [5, 5.41) is 13.7. The Labute approximate surface area is 121 Å². The summed E-state index contributed by atoms with van der Waals surface area (Å²) in [7, 11) is 1.63. The quantitative estimate of drug-likeness (QED) is 0.733. The van der Waals surface area contributed by atoms with E-state index >= 15 is 0 Å². The monoisotopic (exact) mass is 281 g/mol. The molecular weight excluding hydrogens is 266 g/mol. The molecule has 0 N–H and O–H groups in total. The number of tetrazole rings is 1. The van der Waals surface area contributed by atoms with Crippen LogP contribution in [-0.4, -0.2) is 32.3 Å². The number of fused-ring (bicyclic) bond motifs is 1. The van der Waals surface area contributed by atoms with E-state index in [-0.39, 0.29) is 0 Å². The van der Waals surface area contributed by atoms with Crippen LogP contribution in [0.25, 0.3) is 10.9 Å². The van der Waals surface area contributed by atoms with Crippen LogP contribution in [0.4, 0.5) is 0 Å². The fourth-order valence-corrected chi connectivity index (χ4v) is 2.41. The Hall–Kier alpha value is -2.50. The first-order chi connectivity index (χ1) is 10.3. The van der Waals surface area contributed by atoms with Gasteiger partial charge in [0.15, 0.2) is 5.82 Å². The van der Waals surface area contributed by atoms with E-state index in [1.165, 1.54) is 12.8 Å². The third kappa shape index (κ3) is 2.33. The first kappa shape index (κ1) is 12.3. The SMILES string of the molecule is COc1nc2ccccc2cc1Cn1nnc(C2CC2)n1. The van der Waals surface area contributed by atoms with Crippen LogP contribution in [0.15, 0.2) is 30.3 Å². The Morgan fingerprint density at radius 2 is 2.14 bits per heavy atom. The van der Waals surface area contributed by atoms with Crippen molar-refractivity contribution in [1.29, 1.82) is 0 Å². The van der Waals surface area contributed by atoms with Gasteiger partial charge in [-0.1, -0.05) is 18.2 Å². The summed E-state index contributed by atoms with van der Waals surface area (Å²) >= 11 is 0. The summed E-state index contributed by atoms with van der Waals surface area (Å²) in [5.41, 5.74) is 1.87. The van der Waals surface area contributed by atoms with E-state index in [1.54, 1.807) is 11.9 Å². The fraction of sp³-hybridized carbons (Fsp3) is 0.333. The maximum atomic E-state index is 5.39. The van der Waals surface area contributed by atoms with Crippen molar-refractivity contribution in [2.45, 2.75) is 25.3 Å². The van der Waals surface area contributed by atoms with Crippen molar-refractivity contribution in [2.75, 3.05) is 7.11 Å². The van der Waals surface area contributed by atoms with Gasteiger partial charge in [-0.3, -0.25) is 0 Å². The highest BCUT2D eigenvalue weighted by atomic mass is 16.5. The zero-order valence-electron chi connectivity index (χ0n) is 11.7. The Morgan fingerprint density at radius 1 is 1.29 bits per heavy atom. The van der Waals surface area contributed by atoms with Crippen molar-refractivity contribution < 1.29 is 4.74 Å². The van der Waals surface area contributed by atoms with Crippen LogP contribution in [0.1, 0.15) is 30.1 Å². The number of ether oxygens (including phenoxy) is 1. The number of nitrogens with zero attached hydrogens (tertiary/aromatic N) is 5. The van der Waals surface area contributed by atoms with Crippen LogP contribution in [0.2, 0.25) is 0 Å². The lowest BCUT2D eigenvalue weighted by Crippen LogP contribution is -2.07. The van der Waals surface area contributed by atoms with Crippen molar-refractivity contribution in [2.24, 2.45) is 0 Å². The lowest BCUT2D eigenvalue weighted by atomic mass is 10.1. The first-order valence-corrected chi connectivity index (χ1v) is 7.04. The van der Waals surface area contributed by atoms with E-state index in [0.717, 1.165) is 22.3 Å². The van der Waals surface area contributed by atoms with Crippen LogP contribution in [0.3, 0.4) is 0 Å². The van der Waals surface area contributed by atoms with Gasteiger partial charge in [0.1, 0.15) is 0 Å². The van der Waals surface area contributed by atoms with Crippen molar-refractivity contribution in [3.63, 3.8) is 0 Å². The molecule has 4 rings (SSSR count). The first-order valence-electron chi connectivity index (χ1n) is 7.04. The number of para-hydroxylation sites is 1. The molecule has 0 saturated heterocycles. The van der Waals surface area contributed by atoms with Gasteiger partial charge in [-0.15, -0.1) is 10.2 Å². The van der Waals surface area contributed by atoms with Gasteiger partial charge in [0, 0.05) is 16.9 Å². The van der Waals surface area contributed by atoms with E-state index < -0.39 is 0 Å². The van der Waals surface area contributed by atoms with Crippen LogP contribution in [-0.2, 0) is 6.54 Å². The molecule has 0 bridgehead atoms. The number of rotatable bonds is 4. The van der Waals surface area contributed by atoms with Gasteiger partial charge in [-0.25, -0.2) is 4.98 Å². The fourth-order valence-electron chi connectivity index (χ4n) is 2.41. The standard InChI is InChI=1S/C15H15N5O/c1-21-15-12(8-11-4-2-3-5-13(11)16-15)9-20-18-14(17-19-20)10-6-7-10/h2-5,8,10H,6-7,9H2,1H3. The highest BCUT2D eigenvalue weighted by molar-refractivity contribution is 5.80. The Morgan fingerprint density at radius 3 is 2.95 bits per heavy atom. The van der Waals surface area contributed by atoms with Crippen LogP contribution in [0.5, 0.6) is 5.88 Å². The third-order valence-electron chi connectivity index (χ3n) is 3.68. The average Bonchev–Trinajstić information content (AvgIpc) is 3.27. The van der Waals surface area contributed by atoms with Crippen molar-refractivity contribution in [3.05, 3.63) is 41.7 Å². The third-order valence-corrected chi connectivity index (χ3v) is 3.68. The maximum Gasteiger partial charge on any atom is 0.218 e. The van der Waals surface area contributed by atoms with E-state index in [4.69, 9.17) is 4.74 Å². The van der Waals surface area contributed by atoms with Crippen LogP contribution >= 0.6 is 0 Å². The highest BCUT2D eigenvalue weighted by Gasteiger charge is 2.28. The minimum absolute atomic E-state index is 0.510. The highest BCUT2D eigenvalue weighted by Crippen LogP contribution is 2.37. The summed E-state index contributed by atoms with van der Waals surface area (Å²) in [6.45, 7) is 0.515. The number of aromatic nitrogens is 5. The molecule has 0 atom stereocenters. The lowest BCUT2D eigenvalue weighted by Gasteiger charge is -2.08. The summed E-state index contributed by atoms with van der Waals surface area (Å²) in [6.07, 6.45) is 2.35. The van der Waals surface area contributed by atoms with Crippen LogP contribution in [0, 0.1) is 0 Å². The summed E-state index contributed by atoms with van der Waals surface area (Å²) in [4.78, 5) is 6.15. The summed E-state index contributed by atoms with van der Waals surface area (Å²) in [6, 6.07) is 10.0. The molecule has 21 heavy (non-hydrogen) atoms. The zero-order chi connectivity index (χ0) is 14.2. The van der Waals surface area contributed by atoms with Crippen LogP contribution < -0.4 is 4.74 Å². The minimum atomic E-state index is 0.510. The zero-order valence-corrected chi connectivity index (χ0v) is 11.7. The lowest BCUT2D eigenvalue weighted by molar-refractivity contribution is 0.390. The van der Waals surface area contributed by atoms with E-state index in [2.05, 4.69) is 26.5 Å². The molecule has 0 spiro atoms. The molecule has 6 nitrogen and oxygen atoms in total. The molecule has 3 aromatic rings. The second-order valence-corrected chi connectivity index (χ2v) is 5.30. The molecular formula is C15H15N5O. The Balaban J connectivity index is 1.70. The molecule has 2 heterocycles. The molecule has 2 aromatic heterocycles. The molecule has 1 aliphatic rings. The molecule has 1 aliphatic carbocycles. The molecule has 0 aliphatic heterocycles. The maximum absolute atomic E-state index is 5.39. The second kappa shape index (κ2) is 4.80. The van der Waals surface area contributed by atoms with Crippen molar-refractivity contribution >= 4 is 10.9 Å². The molecule has 0 radical (unpaired) electrons. The van der Waals surface area contributed by atoms with E-state index in [0.29, 0.717) is 18.3 Å². The molecule has 0 unspecified atom stereocenters. The van der Waals surface area contributed by atoms with Gasteiger partial charge in [0.2, 0.25) is 5.88 Å². The molecule has 1 aromatic carbocycles. The largest absolute Gasteiger partial charge is 0.481 e. The number of pyridine rings is 1. The summed E-state index contributed by atoms with van der Waals surface area (Å²) in [5.74, 6) is 1.97. The molecule has 1 saturated carbocycles. The molecule has 0 amide bonds. The number of hydrogen-bond acceptors (Lipinski definition) is 5. The normalized spacial score (nSPS) is 14.5. The van der Waals surface area contributed by atoms with E-state index in [1.807, 2.05) is 24.3 Å². The van der Waals surface area contributed by atoms with Gasteiger partial charge in [0.25, 0.3) is 0 Å². The van der Waals surface area contributed by atoms with E-state index in [9.17, 15) is 0 Å². The predicted molar refractivity (Wildman–Crippen MR) is 77.2 cm³/mol. The topological polar surface area (TPSA) is 65.7 Å². The van der Waals surface area contributed by atoms with Gasteiger partial charge >= 0.3 is 0 Å². The second-order valence-electron chi connectivity index (χ2n) is 5.30. The minimum Gasteiger partial charge on any atom is -0.481 e. The smallest absolute Gasteiger partial charge is 0.218 e. The molecule has 6 heteroatoms. The van der Waals surface area contributed by atoms with Gasteiger partial charge in [-0.05, 0) is 30.2 Å². The van der Waals surface area contributed by atoms with Crippen molar-refractivity contribution in [1.82, 2.24) is 25.2 Å². The average molecular weight is 281 g/mol. The summed E-state index contributed by atoms with van der Waals surface area (Å²) < 4.78 is 5.39. The Kier molecular flexibility index (Phi) is 2.80. The number of hydrogen-bond donors (Lipinski definition) is 0. The molecule has 106 valence electrons. The Bertz CT molecular complexity index is 794. The number of benzene rings is 1. The predicted octanol–water partition coefficient (Wildman–Crippen LogP) is 2.16. The van der Waals surface area contributed by atoms with Gasteiger partial charge in [0.05, 0.1) is 19.2 Å². The van der Waals surface area contributed by atoms with Crippen molar-refractivity contribution in [3.8, 4) is 5.88 Å². The number of methoxy groups -OCH3 is 1. The van der Waals surface area contributed by atoms with Gasteiger partial charge in [-0.2, -0.15) is 4.80 Å². The molecule has 1 fully saturated rings.